The third-order valence-corrected chi connectivity index (χ3v) is 5.54. The largest absolute Gasteiger partial charge is 0.279 e. The fraction of sp³-hybridized carbons (Fsp3) is 0.0952. The van der Waals surface area contributed by atoms with E-state index < -0.39 is 0 Å². The highest BCUT2D eigenvalue weighted by molar-refractivity contribution is 7.22. The van der Waals surface area contributed by atoms with Crippen LogP contribution >= 0.6 is 22.9 Å². The number of benzene rings is 2. The van der Waals surface area contributed by atoms with Crippen molar-refractivity contribution in [3.05, 3.63) is 88.5 Å². The number of pyridine rings is 1. The summed E-state index contributed by atoms with van der Waals surface area (Å²) >= 11 is 7.57. The zero-order valence-electron chi connectivity index (χ0n) is 14.9. The van der Waals surface area contributed by atoms with Gasteiger partial charge in [-0.25, -0.2) is 9.37 Å². The van der Waals surface area contributed by atoms with Gasteiger partial charge in [-0.05, 0) is 66.6 Å². The minimum absolute atomic E-state index is 0.250. The van der Waals surface area contributed by atoms with Gasteiger partial charge >= 0.3 is 0 Å². The van der Waals surface area contributed by atoms with Gasteiger partial charge in [-0.3, -0.25) is 14.7 Å². The van der Waals surface area contributed by atoms with Crippen LogP contribution in [0.25, 0.3) is 10.2 Å². The Hall–Kier alpha value is -2.83. The number of carbonyl (C=O) groups excluding carboxylic acids is 1. The molecule has 0 unspecified atom stereocenters. The van der Waals surface area contributed by atoms with Gasteiger partial charge in [0.2, 0.25) is 0 Å². The van der Waals surface area contributed by atoms with Crippen molar-refractivity contribution >= 4 is 44.2 Å². The van der Waals surface area contributed by atoms with Crippen LogP contribution in [0.2, 0.25) is 5.02 Å². The quantitative estimate of drug-likeness (QED) is 0.436. The maximum atomic E-state index is 13.3. The van der Waals surface area contributed by atoms with Crippen LogP contribution < -0.4 is 4.90 Å². The van der Waals surface area contributed by atoms with Crippen LogP contribution in [0.5, 0.6) is 0 Å². The zero-order chi connectivity index (χ0) is 19.7. The predicted molar refractivity (Wildman–Crippen MR) is 111 cm³/mol. The summed E-state index contributed by atoms with van der Waals surface area (Å²) in [5.41, 5.74) is 3.07. The lowest BCUT2D eigenvalue weighted by atomic mass is 10.2. The minimum Gasteiger partial charge on any atom is -0.279 e. The van der Waals surface area contributed by atoms with E-state index in [0.717, 1.165) is 21.3 Å². The fourth-order valence-corrected chi connectivity index (χ4v) is 4.32. The number of halogens is 2. The molecule has 0 aliphatic heterocycles. The van der Waals surface area contributed by atoms with Crippen LogP contribution in [-0.2, 0) is 6.54 Å². The summed E-state index contributed by atoms with van der Waals surface area (Å²) in [6, 6.07) is 12.9. The number of hydrogen-bond acceptors (Lipinski definition) is 4. The molecule has 140 valence electrons. The van der Waals surface area contributed by atoms with Crippen LogP contribution in [0.3, 0.4) is 0 Å². The molecule has 0 saturated carbocycles. The summed E-state index contributed by atoms with van der Waals surface area (Å²) in [4.78, 5) is 23.5. The molecule has 0 aliphatic rings. The highest BCUT2D eigenvalue weighted by Crippen LogP contribution is 2.34. The van der Waals surface area contributed by atoms with E-state index in [2.05, 4.69) is 9.97 Å². The number of nitrogens with zero attached hydrogens (tertiary/aromatic N) is 3. The number of carbonyl (C=O) groups is 1. The fourth-order valence-electron chi connectivity index (χ4n) is 2.90. The van der Waals surface area contributed by atoms with Crippen LogP contribution in [0, 0.1) is 12.7 Å². The van der Waals surface area contributed by atoms with Gasteiger partial charge in [-0.2, -0.15) is 0 Å². The van der Waals surface area contributed by atoms with Crippen molar-refractivity contribution in [3.8, 4) is 0 Å². The van der Waals surface area contributed by atoms with Gasteiger partial charge in [0, 0.05) is 23.0 Å². The van der Waals surface area contributed by atoms with Crippen LogP contribution in [0.15, 0.2) is 60.9 Å². The number of fused-ring (bicyclic) bond motifs is 1. The first-order valence-corrected chi connectivity index (χ1v) is 9.74. The molecule has 0 N–H and O–H groups in total. The summed E-state index contributed by atoms with van der Waals surface area (Å²) < 4.78 is 14.2. The zero-order valence-corrected chi connectivity index (χ0v) is 16.5. The average Bonchev–Trinajstić information content (AvgIpc) is 3.11. The second-order valence-electron chi connectivity index (χ2n) is 6.32. The Bertz CT molecular complexity index is 1150. The Balaban J connectivity index is 1.79. The normalized spacial score (nSPS) is 11.0. The number of anilines is 1. The molecule has 2 aromatic heterocycles. The van der Waals surface area contributed by atoms with E-state index in [4.69, 9.17) is 11.6 Å². The predicted octanol–water partition coefficient (Wildman–Crippen LogP) is 5.64. The van der Waals surface area contributed by atoms with E-state index in [9.17, 15) is 9.18 Å². The standard InChI is InChI=1S/C21H15ClFN3OS/c1-13-10-16(22)11-18-19(13)25-21(28-18)26(12-14-6-8-24-9-7-14)20(27)15-2-4-17(23)5-3-15/h2-11H,12H2,1H3. The van der Waals surface area contributed by atoms with E-state index in [0.29, 0.717) is 22.3 Å². The van der Waals surface area contributed by atoms with Gasteiger partial charge in [0.25, 0.3) is 5.91 Å². The van der Waals surface area contributed by atoms with E-state index in [1.165, 1.54) is 35.6 Å². The summed E-state index contributed by atoms with van der Waals surface area (Å²) in [7, 11) is 0. The van der Waals surface area contributed by atoms with Crippen LogP contribution in [0.1, 0.15) is 21.5 Å². The van der Waals surface area contributed by atoms with E-state index >= 15 is 0 Å². The molecule has 4 rings (SSSR count). The number of aromatic nitrogens is 2. The third-order valence-electron chi connectivity index (χ3n) is 4.30. The molecule has 28 heavy (non-hydrogen) atoms. The molecule has 0 spiro atoms. The maximum Gasteiger partial charge on any atom is 0.260 e. The Morgan fingerprint density at radius 2 is 1.86 bits per heavy atom. The van der Waals surface area contributed by atoms with Gasteiger partial charge in [0.1, 0.15) is 5.82 Å². The monoisotopic (exact) mass is 411 g/mol. The Labute approximate surface area is 170 Å². The molecule has 0 saturated heterocycles. The molecule has 4 aromatic rings. The first-order valence-electron chi connectivity index (χ1n) is 8.54. The first-order chi connectivity index (χ1) is 13.5. The second-order valence-corrected chi connectivity index (χ2v) is 7.77. The molecule has 7 heteroatoms. The highest BCUT2D eigenvalue weighted by Gasteiger charge is 2.22. The SMILES string of the molecule is Cc1cc(Cl)cc2sc(N(Cc3ccncc3)C(=O)c3ccc(F)cc3)nc12. The van der Waals surface area contributed by atoms with Gasteiger partial charge in [-0.1, -0.05) is 22.9 Å². The van der Waals surface area contributed by atoms with Crippen molar-refractivity contribution in [2.75, 3.05) is 4.90 Å². The topological polar surface area (TPSA) is 46.1 Å². The van der Waals surface area contributed by atoms with E-state index in [1.807, 2.05) is 31.2 Å². The Morgan fingerprint density at radius 1 is 1.14 bits per heavy atom. The lowest BCUT2D eigenvalue weighted by molar-refractivity contribution is 0.0985. The number of amides is 1. The molecule has 0 atom stereocenters. The Morgan fingerprint density at radius 3 is 2.57 bits per heavy atom. The van der Waals surface area contributed by atoms with Crippen molar-refractivity contribution < 1.29 is 9.18 Å². The lowest BCUT2D eigenvalue weighted by Crippen LogP contribution is -2.30. The molecule has 0 aliphatic carbocycles. The van der Waals surface area contributed by atoms with Crippen LogP contribution in [0.4, 0.5) is 9.52 Å². The summed E-state index contributed by atoms with van der Waals surface area (Å²) in [6.45, 7) is 2.26. The highest BCUT2D eigenvalue weighted by atomic mass is 35.5. The molecule has 0 fully saturated rings. The number of thiazole rings is 1. The van der Waals surface area contributed by atoms with Crippen LogP contribution in [-0.4, -0.2) is 15.9 Å². The maximum absolute atomic E-state index is 13.3. The van der Waals surface area contributed by atoms with Gasteiger partial charge in [0.05, 0.1) is 16.8 Å². The van der Waals surface area contributed by atoms with Gasteiger partial charge < -0.3 is 0 Å². The molecule has 4 nitrogen and oxygen atoms in total. The smallest absolute Gasteiger partial charge is 0.260 e. The van der Waals surface area contributed by atoms with Crippen molar-refractivity contribution in [3.63, 3.8) is 0 Å². The summed E-state index contributed by atoms with van der Waals surface area (Å²) in [5, 5.41) is 1.19. The molecular weight excluding hydrogens is 397 g/mol. The van der Waals surface area contributed by atoms with Gasteiger partial charge in [-0.15, -0.1) is 0 Å². The third kappa shape index (κ3) is 3.74. The van der Waals surface area contributed by atoms with E-state index in [1.54, 1.807) is 17.3 Å². The molecule has 2 aromatic carbocycles. The van der Waals surface area contributed by atoms with E-state index in [-0.39, 0.29) is 11.7 Å². The molecule has 2 heterocycles. The summed E-state index contributed by atoms with van der Waals surface area (Å²) in [6.07, 6.45) is 3.36. The van der Waals surface area contributed by atoms with Gasteiger partial charge in [0.15, 0.2) is 5.13 Å². The average molecular weight is 412 g/mol. The van der Waals surface area contributed by atoms with Crippen molar-refractivity contribution in [2.45, 2.75) is 13.5 Å². The lowest BCUT2D eigenvalue weighted by Gasteiger charge is -2.20. The number of rotatable bonds is 4. The second kappa shape index (κ2) is 7.66. The first kappa shape index (κ1) is 18.5. The van der Waals surface area contributed by atoms with Crippen molar-refractivity contribution in [2.24, 2.45) is 0 Å². The minimum atomic E-state index is -0.387. The molecule has 0 bridgehead atoms. The number of aryl methyl sites for hydroxylation is 1. The molecular formula is C21H15ClFN3OS. The van der Waals surface area contributed by atoms with Crippen molar-refractivity contribution in [1.29, 1.82) is 0 Å². The molecule has 0 radical (unpaired) electrons. The number of hydrogen-bond donors (Lipinski definition) is 0. The molecule has 1 amide bonds. The summed E-state index contributed by atoms with van der Waals surface area (Å²) in [5.74, 6) is -0.637. The van der Waals surface area contributed by atoms with Crippen molar-refractivity contribution in [1.82, 2.24) is 9.97 Å². The Kier molecular flexibility index (Phi) is 5.07.